The van der Waals surface area contributed by atoms with Crippen LogP contribution in [-0.4, -0.2) is 28.9 Å². The van der Waals surface area contributed by atoms with Crippen LogP contribution < -0.4 is 0 Å². The lowest BCUT2D eigenvalue weighted by Gasteiger charge is -2.27. The van der Waals surface area contributed by atoms with Crippen molar-refractivity contribution >= 4 is 27.3 Å². The minimum atomic E-state index is -6.68. The van der Waals surface area contributed by atoms with E-state index in [-0.39, 0.29) is 21.9 Å². The highest BCUT2D eigenvalue weighted by molar-refractivity contribution is 6.14. The molecule has 0 bridgehead atoms. The van der Waals surface area contributed by atoms with Crippen LogP contribution in [0.5, 0.6) is 5.75 Å². The summed E-state index contributed by atoms with van der Waals surface area (Å²) < 4.78 is 93.4. The van der Waals surface area contributed by atoms with E-state index in [9.17, 15) is 40.6 Å². The minimum absolute atomic E-state index is 0.0905. The summed E-state index contributed by atoms with van der Waals surface area (Å²) in [6.07, 6.45) is -6.68. The van der Waals surface area contributed by atoms with E-state index in [0.29, 0.717) is 16.8 Å². The van der Waals surface area contributed by atoms with Crippen LogP contribution in [0, 0.1) is 0 Å². The van der Waals surface area contributed by atoms with Gasteiger partial charge in [0.2, 0.25) is 5.78 Å². The summed E-state index contributed by atoms with van der Waals surface area (Å²) in [5, 5.41) is 12.4. The molecule has 0 amide bonds. The quantitative estimate of drug-likeness (QED) is 0.252. The SMILES string of the molecule is O=C(c1cc2ccccc2c(-c2cccc3ccccc23)c1O)C(F)(F)C(F)(F)C(F)(F)F. The minimum Gasteiger partial charge on any atom is -0.507 e. The van der Waals surface area contributed by atoms with Crippen molar-refractivity contribution in [3.63, 3.8) is 0 Å². The van der Waals surface area contributed by atoms with Gasteiger partial charge < -0.3 is 5.11 Å². The van der Waals surface area contributed by atoms with Crippen LogP contribution in [0.1, 0.15) is 10.4 Å². The number of Topliss-reactive ketones (excluding diaryl/α,β-unsaturated/α-hetero) is 1. The Morgan fingerprint density at radius 1 is 0.697 bits per heavy atom. The molecular weight excluding hydrogens is 453 g/mol. The van der Waals surface area contributed by atoms with Crippen LogP contribution in [0.15, 0.2) is 72.8 Å². The van der Waals surface area contributed by atoms with E-state index in [1.165, 1.54) is 24.3 Å². The van der Waals surface area contributed by atoms with Gasteiger partial charge in [0.15, 0.2) is 0 Å². The molecule has 4 aromatic rings. The number of phenols is 1. The lowest BCUT2D eigenvalue weighted by atomic mass is 9.88. The van der Waals surface area contributed by atoms with E-state index < -0.39 is 35.1 Å². The third-order valence-corrected chi connectivity index (χ3v) is 5.36. The first-order chi connectivity index (χ1) is 15.4. The molecule has 9 heteroatoms. The Morgan fingerprint density at radius 3 is 1.88 bits per heavy atom. The maximum Gasteiger partial charge on any atom is 0.460 e. The largest absolute Gasteiger partial charge is 0.507 e. The Morgan fingerprint density at radius 2 is 1.24 bits per heavy atom. The van der Waals surface area contributed by atoms with E-state index >= 15 is 0 Å². The number of carbonyl (C=O) groups excluding carboxylic acids is 1. The molecule has 0 aliphatic rings. The second-order valence-corrected chi connectivity index (χ2v) is 7.37. The van der Waals surface area contributed by atoms with Crippen molar-refractivity contribution in [2.45, 2.75) is 18.0 Å². The van der Waals surface area contributed by atoms with Crippen molar-refractivity contribution in [3.05, 3.63) is 78.4 Å². The Labute approximate surface area is 181 Å². The number of hydrogen-bond donors (Lipinski definition) is 1. The molecule has 0 aromatic heterocycles. The zero-order valence-corrected chi connectivity index (χ0v) is 16.4. The summed E-state index contributed by atoms with van der Waals surface area (Å²) in [7, 11) is 0. The van der Waals surface area contributed by atoms with Crippen molar-refractivity contribution < 1.29 is 40.6 Å². The lowest BCUT2D eigenvalue weighted by molar-refractivity contribution is -0.339. The third kappa shape index (κ3) is 3.39. The third-order valence-electron chi connectivity index (χ3n) is 5.36. The molecule has 0 radical (unpaired) electrons. The molecule has 0 saturated heterocycles. The number of rotatable bonds is 4. The van der Waals surface area contributed by atoms with E-state index in [4.69, 9.17) is 0 Å². The van der Waals surface area contributed by atoms with Crippen molar-refractivity contribution in [1.82, 2.24) is 0 Å². The van der Waals surface area contributed by atoms with Gasteiger partial charge in [-0.25, -0.2) is 0 Å². The molecule has 0 unspecified atom stereocenters. The molecule has 0 saturated carbocycles. The molecule has 0 atom stereocenters. The fourth-order valence-electron chi connectivity index (χ4n) is 3.72. The summed E-state index contributed by atoms with van der Waals surface area (Å²) in [5.74, 6) is -16.8. The van der Waals surface area contributed by atoms with Crippen LogP contribution >= 0.6 is 0 Å². The van der Waals surface area contributed by atoms with Crippen molar-refractivity contribution in [2.24, 2.45) is 0 Å². The molecule has 0 aliphatic carbocycles. The number of phenolic OH excluding ortho intramolecular Hbond substituents is 1. The molecule has 2 nitrogen and oxygen atoms in total. The number of hydrogen-bond acceptors (Lipinski definition) is 2. The van der Waals surface area contributed by atoms with Crippen LogP contribution in [0.3, 0.4) is 0 Å². The Kier molecular flexibility index (Phi) is 5.11. The topological polar surface area (TPSA) is 37.3 Å². The van der Waals surface area contributed by atoms with Gasteiger partial charge in [0.25, 0.3) is 0 Å². The first-order valence-electron chi connectivity index (χ1n) is 9.48. The van der Waals surface area contributed by atoms with Gasteiger partial charge in [0, 0.05) is 5.56 Å². The second-order valence-electron chi connectivity index (χ2n) is 7.37. The van der Waals surface area contributed by atoms with Crippen LogP contribution in [0.25, 0.3) is 32.7 Å². The number of halogens is 7. The molecule has 0 fully saturated rings. The van der Waals surface area contributed by atoms with E-state index in [2.05, 4.69) is 0 Å². The van der Waals surface area contributed by atoms with Gasteiger partial charge in [-0.2, -0.15) is 30.7 Å². The normalized spacial score (nSPS) is 12.9. The molecule has 4 aromatic carbocycles. The summed E-state index contributed by atoms with van der Waals surface area (Å²) >= 11 is 0. The summed E-state index contributed by atoms with van der Waals surface area (Å²) in [4.78, 5) is 12.4. The number of carbonyl (C=O) groups is 1. The zero-order chi connectivity index (χ0) is 24.2. The molecule has 0 spiro atoms. The average Bonchev–Trinajstić information content (AvgIpc) is 2.77. The predicted molar refractivity (Wildman–Crippen MR) is 109 cm³/mol. The Bertz CT molecular complexity index is 1390. The highest BCUT2D eigenvalue weighted by atomic mass is 19.4. The van der Waals surface area contributed by atoms with Crippen molar-refractivity contribution in [1.29, 1.82) is 0 Å². The number of aromatic hydroxyl groups is 1. The van der Waals surface area contributed by atoms with E-state index in [0.717, 1.165) is 0 Å². The predicted octanol–water partition coefficient (Wildman–Crippen LogP) is 7.38. The standard InChI is InChI=1S/C24H13F7O2/c25-22(26,23(27,28)24(29,30)31)21(33)18-12-14-7-2-4-10-16(14)19(20(18)32)17-11-5-8-13-6-1-3-9-15(13)17/h1-12,32H. The van der Waals surface area contributed by atoms with Crippen molar-refractivity contribution in [2.75, 3.05) is 0 Å². The van der Waals surface area contributed by atoms with Crippen LogP contribution in [0.4, 0.5) is 30.7 Å². The Hall–Kier alpha value is -3.62. The smallest absolute Gasteiger partial charge is 0.460 e. The average molecular weight is 466 g/mol. The summed E-state index contributed by atoms with van der Waals surface area (Å²) in [5.41, 5.74) is -1.20. The molecular formula is C24H13F7O2. The summed E-state index contributed by atoms with van der Waals surface area (Å²) in [6, 6.07) is 18.2. The van der Waals surface area contributed by atoms with Gasteiger partial charge in [-0.1, -0.05) is 66.7 Å². The Balaban J connectivity index is 2.04. The van der Waals surface area contributed by atoms with Gasteiger partial charge in [-0.15, -0.1) is 0 Å². The van der Waals surface area contributed by atoms with Gasteiger partial charge in [-0.3, -0.25) is 4.79 Å². The second kappa shape index (κ2) is 7.47. The maximum atomic E-state index is 14.2. The number of ketones is 1. The highest BCUT2D eigenvalue weighted by Crippen LogP contribution is 2.50. The zero-order valence-electron chi connectivity index (χ0n) is 16.4. The highest BCUT2D eigenvalue weighted by Gasteiger charge is 2.76. The molecule has 0 aliphatic heterocycles. The van der Waals surface area contributed by atoms with Crippen LogP contribution in [-0.2, 0) is 0 Å². The lowest BCUT2D eigenvalue weighted by Crippen LogP contribution is -2.56. The molecule has 4 rings (SSSR count). The number of alkyl halides is 7. The van der Waals surface area contributed by atoms with Crippen LogP contribution in [0.2, 0.25) is 0 Å². The molecule has 170 valence electrons. The van der Waals surface area contributed by atoms with Gasteiger partial charge >= 0.3 is 18.0 Å². The molecule has 1 N–H and O–H groups in total. The fraction of sp³-hybridized carbons (Fsp3) is 0.125. The maximum absolute atomic E-state index is 14.2. The van der Waals surface area contributed by atoms with Gasteiger partial charge in [0.1, 0.15) is 5.75 Å². The molecule has 0 heterocycles. The van der Waals surface area contributed by atoms with E-state index in [1.54, 1.807) is 42.5 Å². The number of benzene rings is 4. The van der Waals surface area contributed by atoms with Gasteiger partial charge in [0.05, 0.1) is 5.56 Å². The number of fused-ring (bicyclic) bond motifs is 2. The molecule has 33 heavy (non-hydrogen) atoms. The first kappa shape index (κ1) is 22.6. The summed E-state index contributed by atoms with van der Waals surface area (Å²) in [6.45, 7) is 0. The van der Waals surface area contributed by atoms with E-state index in [1.807, 2.05) is 0 Å². The first-order valence-corrected chi connectivity index (χ1v) is 9.48. The monoisotopic (exact) mass is 466 g/mol. The fourth-order valence-corrected chi connectivity index (χ4v) is 3.72. The van der Waals surface area contributed by atoms with Gasteiger partial charge in [-0.05, 0) is 33.2 Å². The van der Waals surface area contributed by atoms with Crippen molar-refractivity contribution in [3.8, 4) is 16.9 Å².